The fourth-order valence-corrected chi connectivity index (χ4v) is 3.17. The molecule has 0 unspecified atom stereocenters. The average molecular weight is 285 g/mol. The molecule has 3 rings (SSSR count). The highest BCUT2D eigenvalue weighted by atomic mass is 15.4. The molecule has 2 N–H and O–H groups in total. The molecule has 1 aliphatic rings. The largest absolute Gasteiger partial charge is 0.337 e. The van der Waals surface area contributed by atoms with Crippen LogP contribution >= 0.6 is 0 Å². The Bertz CT molecular complexity index is 623. The van der Waals surface area contributed by atoms with Crippen LogP contribution < -0.4 is 10.2 Å². The van der Waals surface area contributed by atoms with Gasteiger partial charge < -0.3 is 10.2 Å². The second-order valence-electron chi connectivity index (χ2n) is 6.06. The number of aromatic amines is 1. The number of aryl methyl sites for hydroxylation is 3. The third kappa shape index (κ3) is 2.78. The first-order valence-corrected chi connectivity index (χ1v) is 7.53. The number of benzene rings is 1. The summed E-state index contributed by atoms with van der Waals surface area (Å²) in [5, 5.41) is 11.0. The van der Waals surface area contributed by atoms with Gasteiger partial charge in [0.05, 0.1) is 0 Å². The third-order valence-electron chi connectivity index (χ3n) is 4.04. The summed E-state index contributed by atoms with van der Waals surface area (Å²) in [6.07, 6.45) is 0. The number of nitrogens with one attached hydrogen (secondary N) is 2. The van der Waals surface area contributed by atoms with Crippen LogP contribution in [0.15, 0.2) is 12.1 Å². The van der Waals surface area contributed by atoms with E-state index >= 15 is 0 Å². The van der Waals surface area contributed by atoms with E-state index < -0.39 is 0 Å². The van der Waals surface area contributed by atoms with Crippen LogP contribution in [0.5, 0.6) is 0 Å². The third-order valence-corrected chi connectivity index (χ3v) is 4.04. The first-order valence-electron chi connectivity index (χ1n) is 7.53. The quantitative estimate of drug-likeness (QED) is 0.888. The summed E-state index contributed by atoms with van der Waals surface area (Å²) in [7, 11) is 0. The molecule has 1 atom stereocenters. The molecule has 1 aromatic heterocycles. The Morgan fingerprint density at radius 2 is 1.90 bits per heavy atom. The van der Waals surface area contributed by atoms with Gasteiger partial charge in [-0.2, -0.15) is 4.98 Å². The van der Waals surface area contributed by atoms with E-state index in [1.165, 1.54) is 22.3 Å². The van der Waals surface area contributed by atoms with Gasteiger partial charge in [-0.15, -0.1) is 5.10 Å². The van der Waals surface area contributed by atoms with Crippen LogP contribution in [-0.2, 0) is 0 Å². The summed E-state index contributed by atoms with van der Waals surface area (Å²) in [6.45, 7) is 11.4. The van der Waals surface area contributed by atoms with Crippen LogP contribution in [0.1, 0.15) is 23.6 Å². The molecule has 1 aliphatic heterocycles. The van der Waals surface area contributed by atoms with Gasteiger partial charge in [0.15, 0.2) is 5.82 Å². The van der Waals surface area contributed by atoms with Crippen molar-refractivity contribution < 1.29 is 0 Å². The Hall–Kier alpha value is -1.88. The number of rotatable bonds is 2. The van der Waals surface area contributed by atoms with Crippen molar-refractivity contribution in [3.8, 4) is 11.4 Å². The molecule has 5 heteroatoms. The van der Waals surface area contributed by atoms with Crippen LogP contribution in [-0.4, -0.2) is 40.9 Å². The molecule has 0 radical (unpaired) electrons. The highest BCUT2D eigenvalue weighted by Gasteiger charge is 2.20. The number of hydrogen-bond donors (Lipinski definition) is 2. The predicted octanol–water partition coefficient (Wildman–Crippen LogP) is 2.20. The lowest BCUT2D eigenvalue weighted by molar-refractivity contribution is 0.480. The second kappa shape index (κ2) is 5.48. The Morgan fingerprint density at radius 1 is 1.19 bits per heavy atom. The van der Waals surface area contributed by atoms with E-state index in [0.717, 1.165) is 31.4 Å². The fraction of sp³-hybridized carbons (Fsp3) is 0.500. The lowest BCUT2D eigenvalue weighted by atomic mass is 9.99. The van der Waals surface area contributed by atoms with Gasteiger partial charge in [0, 0.05) is 31.2 Å². The molecule has 112 valence electrons. The van der Waals surface area contributed by atoms with Gasteiger partial charge in [-0.1, -0.05) is 17.7 Å². The maximum absolute atomic E-state index is 4.72. The molecule has 21 heavy (non-hydrogen) atoms. The van der Waals surface area contributed by atoms with Gasteiger partial charge in [0.1, 0.15) is 0 Å². The number of hydrogen-bond acceptors (Lipinski definition) is 4. The molecule has 1 aromatic carbocycles. The Kier molecular flexibility index (Phi) is 3.68. The fourth-order valence-electron chi connectivity index (χ4n) is 3.17. The minimum atomic E-state index is 0.476. The first kappa shape index (κ1) is 14.1. The predicted molar refractivity (Wildman–Crippen MR) is 85.7 cm³/mol. The number of piperazine rings is 1. The molecule has 1 saturated heterocycles. The SMILES string of the molecule is Cc1cc(C)c(-c2nc(N3CCN[C@H](C)C3)n[nH]2)c(C)c1. The maximum Gasteiger partial charge on any atom is 0.245 e. The monoisotopic (exact) mass is 285 g/mol. The summed E-state index contributed by atoms with van der Waals surface area (Å²) < 4.78 is 0. The van der Waals surface area contributed by atoms with Crippen molar-refractivity contribution in [2.75, 3.05) is 24.5 Å². The van der Waals surface area contributed by atoms with E-state index in [4.69, 9.17) is 4.98 Å². The Balaban J connectivity index is 1.92. The normalized spacial score (nSPS) is 19.0. The van der Waals surface area contributed by atoms with Crippen molar-refractivity contribution in [3.63, 3.8) is 0 Å². The first-order chi connectivity index (χ1) is 10.0. The van der Waals surface area contributed by atoms with Crippen molar-refractivity contribution >= 4 is 5.95 Å². The lowest BCUT2D eigenvalue weighted by Crippen LogP contribution is -2.49. The highest BCUT2D eigenvalue weighted by Crippen LogP contribution is 2.26. The topological polar surface area (TPSA) is 56.8 Å². The van der Waals surface area contributed by atoms with E-state index in [0.29, 0.717) is 6.04 Å². The number of nitrogens with zero attached hydrogens (tertiary/aromatic N) is 3. The van der Waals surface area contributed by atoms with Gasteiger partial charge in [0.2, 0.25) is 5.95 Å². The minimum absolute atomic E-state index is 0.476. The summed E-state index contributed by atoms with van der Waals surface area (Å²) in [5.74, 6) is 1.67. The highest BCUT2D eigenvalue weighted by molar-refractivity contribution is 5.66. The molecular formula is C16H23N5. The van der Waals surface area contributed by atoms with Crippen molar-refractivity contribution in [1.29, 1.82) is 0 Å². The number of anilines is 1. The molecule has 2 aromatic rings. The lowest BCUT2D eigenvalue weighted by Gasteiger charge is -2.30. The Morgan fingerprint density at radius 3 is 2.57 bits per heavy atom. The molecule has 1 fully saturated rings. The van der Waals surface area contributed by atoms with Crippen LogP contribution in [0.4, 0.5) is 5.95 Å². The van der Waals surface area contributed by atoms with Crippen molar-refractivity contribution in [3.05, 3.63) is 28.8 Å². The van der Waals surface area contributed by atoms with Crippen molar-refractivity contribution in [2.45, 2.75) is 33.7 Å². The van der Waals surface area contributed by atoms with E-state index in [1.807, 2.05) is 0 Å². The van der Waals surface area contributed by atoms with Crippen molar-refractivity contribution in [1.82, 2.24) is 20.5 Å². The van der Waals surface area contributed by atoms with E-state index in [9.17, 15) is 0 Å². The summed E-state index contributed by atoms with van der Waals surface area (Å²) >= 11 is 0. The van der Waals surface area contributed by atoms with Crippen LogP contribution in [0.25, 0.3) is 11.4 Å². The van der Waals surface area contributed by atoms with Crippen LogP contribution in [0.3, 0.4) is 0 Å². The zero-order valence-corrected chi connectivity index (χ0v) is 13.2. The maximum atomic E-state index is 4.72. The summed E-state index contributed by atoms with van der Waals surface area (Å²) in [6, 6.07) is 4.86. The van der Waals surface area contributed by atoms with Gasteiger partial charge in [-0.05, 0) is 38.8 Å². The molecule has 0 amide bonds. The zero-order valence-electron chi connectivity index (χ0n) is 13.2. The average Bonchev–Trinajstić information content (AvgIpc) is 2.87. The summed E-state index contributed by atoms with van der Waals surface area (Å²) in [5.41, 5.74) is 4.93. The molecule has 0 spiro atoms. The molecule has 2 heterocycles. The van der Waals surface area contributed by atoms with Gasteiger partial charge >= 0.3 is 0 Å². The molecule has 0 saturated carbocycles. The number of aromatic nitrogens is 3. The smallest absolute Gasteiger partial charge is 0.245 e. The minimum Gasteiger partial charge on any atom is -0.337 e. The molecular weight excluding hydrogens is 262 g/mol. The van der Waals surface area contributed by atoms with Gasteiger partial charge in [-0.3, -0.25) is 5.10 Å². The standard InChI is InChI=1S/C16H23N5/c1-10-7-11(2)14(12(3)8-10)15-18-16(20-19-15)21-6-5-17-13(4)9-21/h7-8,13,17H,5-6,9H2,1-4H3,(H,18,19,20)/t13-/m1/s1. The summed E-state index contributed by atoms with van der Waals surface area (Å²) in [4.78, 5) is 6.96. The zero-order chi connectivity index (χ0) is 15.0. The Labute approximate surface area is 125 Å². The second-order valence-corrected chi connectivity index (χ2v) is 6.06. The van der Waals surface area contributed by atoms with E-state index in [2.05, 4.69) is 60.2 Å². The van der Waals surface area contributed by atoms with Gasteiger partial charge in [0.25, 0.3) is 0 Å². The molecule has 0 aliphatic carbocycles. The molecule has 0 bridgehead atoms. The van der Waals surface area contributed by atoms with E-state index in [-0.39, 0.29) is 0 Å². The molecule has 5 nitrogen and oxygen atoms in total. The van der Waals surface area contributed by atoms with Crippen molar-refractivity contribution in [2.24, 2.45) is 0 Å². The van der Waals surface area contributed by atoms with Crippen LogP contribution in [0, 0.1) is 20.8 Å². The van der Waals surface area contributed by atoms with Crippen LogP contribution in [0.2, 0.25) is 0 Å². The van der Waals surface area contributed by atoms with Gasteiger partial charge in [-0.25, -0.2) is 0 Å². The van der Waals surface area contributed by atoms with E-state index in [1.54, 1.807) is 0 Å². The number of H-pyrrole nitrogens is 1.